The van der Waals surface area contributed by atoms with E-state index in [9.17, 15) is 5.11 Å². The van der Waals surface area contributed by atoms with Crippen molar-refractivity contribution in [3.63, 3.8) is 0 Å². The average molecular weight is 464 g/mol. The molecule has 0 aliphatic rings. The average Bonchev–Trinajstić information content (AvgIpc) is 2.74. The van der Waals surface area contributed by atoms with E-state index in [0.29, 0.717) is 28.5 Å². The molecular weight excluding hydrogens is 434 g/mol. The van der Waals surface area contributed by atoms with Crippen LogP contribution in [-0.2, 0) is 11.3 Å². The molecule has 8 nitrogen and oxygen atoms in total. The molecule has 1 aromatic carbocycles. The normalized spacial score (nSPS) is 12.6. The number of hydrogen-bond donors (Lipinski definition) is 3. The number of nitrogens with zero attached hydrogens (tertiary/aromatic N) is 2. The van der Waals surface area contributed by atoms with Gasteiger partial charge in [0.25, 0.3) is 0 Å². The minimum atomic E-state index is -1.04. The molecule has 0 fully saturated rings. The van der Waals surface area contributed by atoms with E-state index in [1.807, 2.05) is 19.1 Å². The Hall–Kier alpha value is -2.65. The van der Waals surface area contributed by atoms with E-state index in [1.165, 1.54) is 7.11 Å². The molecular formula is C23H30ClN3O5. The van der Waals surface area contributed by atoms with Crippen LogP contribution in [0.5, 0.6) is 11.5 Å². The molecule has 0 bridgehead atoms. The molecule has 0 radical (unpaired) electrons. The van der Waals surface area contributed by atoms with Gasteiger partial charge in [0.1, 0.15) is 12.7 Å². The van der Waals surface area contributed by atoms with Gasteiger partial charge in [0.05, 0.1) is 24.4 Å². The summed E-state index contributed by atoms with van der Waals surface area (Å²) in [5, 5.41) is 18.7. The molecule has 0 unspecified atom stereocenters. The molecule has 1 heterocycles. The van der Waals surface area contributed by atoms with Crippen LogP contribution >= 0.6 is 11.6 Å². The zero-order chi connectivity index (χ0) is 23.8. The van der Waals surface area contributed by atoms with Crippen LogP contribution < -0.4 is 15.4 Å². The maximum absolute atomic E-state index is 9.52. The minimum absolute atomic E-state index is 0.143. The van der Waals surface area contributed by atoms with Gasteiger partial charge in [-0.3, -0.25) is 4.98 Å². The molecule has 0 spiro atoms. The highest BCUT2D eigenvalue weighted by molar-refractivity contribution is 6.32. The van der Waals surface area contributed by atoms with Gasteiger partial charge in [-0.05, 0) is 43.5 Å². The fourth-order valence-corrected chi connectivity index (χ4v) is 3.25. The number of nitrogens with two attached hydrogens (primary N) is 1. The van der Waals surface area contributed by atoms with Crippen LogP contribution in [0.3, 0.4) is 0 Å². The number of aliphatic hydroxyl groups excluding tert-OH is 2. The number of aryl methyl sites for hydroxylation is 1. The number of pyridine rings is 1. The van der Waals surface area contributed by atoms with Gasteiger partial charge in [0, 0.05) is 22.5 Å². The molecule has 2 aromatic rings. The molecule has 1 atom stereocenters. The standard InChI is InChI=1S/C23H30ClN3O5/c1-13(2)6-18-8-17(7-14(3)26-18)23(32-25)27-15(4)16-9-20(24)22(21(10-16)30-5)31-12-19(29)11-28/h7-10,13,19,28-29H,4,6,11-12,25H2,1-3,5H3/b27-23-/t19-/m1/s1. The van der Waals surface area contributed by atoms with Crippen LogP contribution in [0.2, 0.25) is 5.02 Å². The van der Waals surface area contributed by atoms with Crippen LogP contribution in [0.25, 0.3) is 5.70 Å². The largest absolute Gasteiger partial charge is 0.493 e. The third-order valence-electron chi connectivity index (χ3n) is 4.41. The summed E-state index contributed by atoms with van der Waals surface area (Å²) in [6.07, 6.45) is -0.226. The summed E-state index contributed by atoms with van der Waals surface area (Å²) in [4.78, 5) is 14.1. The number of benzene rings is 1. The maximum atomic E-state index is 9.52. The second-order valence-electron chi connectivity index (χ2n) is 7.70. The van der Waals surface area contributed by atoms with Crippen molar-refractivity contribution in [2.24, 2.45) is 16.8 Å². The number of hydrogen-bond acceptors (Lipinski definition) is 8. The van der Waals surface area contributed by atoms with Crippen molar-refractivity contribution in [3.05, 3.63) is 58.4 Å². The lowest BCUT2D eigenvalue weighted by Crippen LogP contribution is -2.21. The zero-order valence-electron chi connectivity index (χ0n) is 18.8. The lowest BCUT2D eigenvalue weighted by atomic mass is 10.1. The van der Waals surface area contributed by atoms with Crippen LogP contribution in [0.1, 0.15) is 36.4 Å². The smallest absolute Gasteiger partial charge is 0.245 e. The van der Waals surface area contributed by atoms with Crippen molar-refractivity contribution < 1.29 is 24.5 Å². The van der Waals surface area contributed by atoms with E-state index in [-0.39, 0.29) is 23.3 Å². The summed E-state index contributed by atoms with van der Waals surface area (Å²) >= 11 is 6.36. The minimum Gasteiger partial charge on any atom is -0.493 e. The highest BCUT2D eigenvalue weighted by Gasteiger charge is 2.16. The first-order valence-electron chi connectivity index (χ1n) is 10.1. The molecule has 1 aromatic heterocycles. The summed E-state index contributed by atoms with van der Waals surface area (Å²) in [7, 11) is 1.46. The predicted octanol–water partition coefficient (Wildman–Crippen LogP) is 3.29. The Balaban J connectivity index is 2.37. The molecule has 174 valence electrons. The highest BCUT2D eigenvalue weighted by Crippen LogP contribution is 2.38. The van der Waals surface area contributed by atoms with E-state index < -0.39 is 12.7 Å². The van der Waals surface area contributed by atoms with Crippen molar-refractivity contribution in [3.8, 4) is 11.5 Å². The Morgan fingerprint density at radius 2 is 1.97 bits per heavy atom. The second-order valence-corrected chi connectivity index (χ2v) is 8.11. The van der Waals surface area contributed by atoms with Gasteiger partial charge < -0.3 is 24.5 Å². The molecule has 9 heteroatoms. The van der Waals surface area contributed by atoms with Gasteiger partial charge >= 0.3 is 0 Å². The van der Waals surface area contributed by atoms with Crippen LogP contribution in [0, 0.1) is 12.8 Å². The molecule has 4 N–H and O–H groups in total. The monoisotopic (exact) mass is 463 g/mol. The Morgan fingerprint density at radius 3 is 2.56 bits per heavy atom. The van der Waals surface area contributed by atoms with E-state index in [2.05, 4.69) is 30.4 Å². The number of aliphatic imine (C=N–C) groups is 1. The number of rotatable bonds is 10. The maximum Gasteiger partial charge on any atom is 0.245 e. The third kappa shape index (κ3) is 6.93. The quantitative estimate of drug-likeness (QED) is 0.281. The molecule has 0 aliphatic heterocycles. The first-order valence-corrected chi connectivity index (χ1v) is 10.5. The lowest BCUT2D eigenvalue weighted by Gasteiger charge is -2.16. The Bertz CT molecular complexity index is 978. The van der Waals surface area contributed by atoms with Crippen LogP contribution in [0.15, 0.2) is 35.8 Å². The van der Waals surface area contributed by atoms with Gasteiger partial charge in [0.15, 0.2) is 11.5 Å². The van der Waals surface area contributed by atoms with Crippen LogP contribution in [0.4, 0.5) is 0 Å². The van der Waals surface area contributed by atoms with Crippen molar-refractivity contribution in [2.75, 3.05) is 20.3 Å². The molecule has 2 rings (SSSR count). The molecule has 0 amide bonds. The predicted molar refractivity (Wildman–Crippen MR) is 125 cm³/mol. The lowest BCUT2D eigenvalue weighted by molar-refractivity contribution is 0.0527. The van der Waals surface area contributed by atoms with Gasteiger partial charge in [0.2, 0.25) is 5.90 Å². The molecule has 0 saturated heterocycles. The van der Waals surface area contributed by atoms with Crippen LogP contribution in [-0.4, -0.2) is 47.5 Å². The van der Waals surface area contributed by atoms with E-state index >= 15 is 0 Å². The molecule has 32 heavy (non-hydrogen) atoms. The first kappa shape index (κ1) is 25.6. The van der Waals surface area contributed by atoms with Crippen molar-refractivity contribution in [2.45, 2.75) is 33.3 Å². The van der Waals surface area contributed by atoms with Crippen molar-refractivity contribution in [1.82, 2.24) is 4.98 Å². The van der Waals surface area contributed by atoms with Gasteiger partial charge in [-0.25, -0.2) is 4.99 Å². The topological polar surface area (TPSA) is 119 Å². The SMILES string of the molecule is C=C(/N=C(\ON)c1cc(C)nc(CC(C)C)c1)c1cc(Cl)c(OC[C@H](O)CO)c(OC)c1. The third-order valence-corrected chi connectivity index (χ3v) is 4.69. The van der Waals surface area contributed by atoms with Gasteiger partial charge in [-0.1, -0.05) is 32.0 Å². The van der Waals surface area contributed by atoms with E-state index in [0.717, 1.165) is 17.8 Å². The summed E-state index contributed by atoms with van der Waals surface area (Å²) < 4.78 is 10.9. The zero-order valence-corrected chi connectivity index (χ0v) is 19.5. The first-order chi connectivity index (χ1) is 15.2. The summed E-state index contributed by atoms with van der Waals surface area (Å²) in [6, 6.07) is 6.98. The molecule has 0 saturated carbocycles. The number of aromatic nitrogens is 1. The Labute approximate surface area is 193 Å². The second kappa shape index (κ2) is 11.8. The Kier molecular flexibility index (Phi) is 9.46. The van der Waals surface area contributed by atoms with Gasteiger partial charge in [-0.2, -0.15) is 5.90 Å². The molecule has 0 aliphatic carbocycles. The number of aliphatic hydroxyl groups is 2. The fourth-order valence-electron chi connectivity index (χ4n) is 2.99. The fraction of sp³-hybridized carbons (Fsp3) is 0.391. The number of ether oxygens (including phenoxy) is 2. The van der Waals surface area contributed by atoms with Gasteiger partial charge in [-0.15, -0.1) is 0 Å². The number of halogens is 1. The Morgan fingerprint density at radius 1 is 1.25 bits per heavy atom. The highest BCUT2D eigenvalue weighted by atomic mass is 35.5. The summed E-state index contributed by atoms with van der Waals surface area (Å²) in [6.45, 7) is 9.56. The van der Waals surface area contributed by atoms with E-state index in [1.54, 1.807) is 12.1 Å². The van der Waals surface area contributed by atoms with E-state index in [4.69, 9.17) is 36.9 Å². The van der Waals surface area contributed by atoms with Crippen molar-refractivity contribution in [1.29, 1.82) is 0 Å². The number of methoxy groups -OCH3 is 1. The summed E-state index contributed by atoms with van der Waals surface area (Å²) in [5.41, 5.74) is 3.33. The van der Waals surface area contributed by atoms with Crippen molar-refractivity contribution >= 4 is 23.2 Å². The summed E-state index contributed by atoms with van der Waals surface area (Å²) in [5.74, 6) is 6.71.